The molecule has 0 spiro atoms. The molecular weight excluding hydrogens is 346 g/mol. The van der Waals surface area contributed by atoms with Gasteiger partial charge in [0.25, 0.3) is 0 Å². The lowest BCUT2D eigenvalue weighted by atomic mass is 9.90. The maximum atomic E-state index is 12.6. The normalized spacial score (nSPS) is 19.4. The van der Waals surface area contributed by atoms with Crippen LogP contribution >= 0.6 is 0 Å². The highest BCUT2D eigenvalue weighted by atomic mass is 16.7. The number of benzene rings is 1. The fraction of sp³-hybridized carbons (Fsp3) is 0.550. The summed E-state index contributed by atoms with van der Waals surface area (Å²) in [6.45, 7) is 7.92. The molecule has 1 saturated heterocycles. The quantitative estimate of drug-likeness (QED) is 0.820. The van der Waals surface area contributed by atoms with Crippen molar-refractivity contribution >= 4 is 5.91 Å². The number of likely N-dealkylation sites (tertiary alicyclic amines) is 1. The van der Waals surface area contributed by atoms with Crippen molar-refractivity contribution < 1.29 is 18.7 Å². The number of carbonyl (C=O) groups is 1. The molecule has 3 heterocycles. The van der Waals surface area contributed by atoms with E-state index in [1.807, 2.05) is 23.1 Å². The van der Waals surface area contributed by atoms with Crippen molar-refractivity contribution in [1.29, 1.82) is 0 Å². The molecule has 2 aromatic rings. The van der Waals surface area contributed by atoms with Crippen molar-refractivity contribution in [1.82, 2.24) is 15.1 Å². The van der Waals surface area contributed by atoms with Gasteiger partial charge in [-0.1, -0.05) is 20.8 Å². The van der Waals surface area contributed by atoms with E-state index < -0.39 is 0 Å². The summed E-state index contributed by atoms with van der Waals surface area (Å²) in [6.07, 6.45) is 2.44. The van der Waals surface area contributed by atoms with Crippen LogP contribution in [0, 0.1) is 5.41 Å². The molecule has 0 aliphatic carbocycles. The molecule has 1 aromatic heterocycles. The molecule has 0 saturated carbocycles. The second-order valence-corrected chi connectivity index (χ2v) is 8.43. The molecule has 1 atom stereocenters. The van der Waals surface area contributed by atoms with E-state index >= 15 is 0 Å². The van der Waals surface area contributed by atoms with Crippen molar-refractivity contribution in [2.24, 2.45) is 5.41 Å². The Morgan fingerprint density at radius 2 is 2.04 bits per heavy atom. The first kappa shape index (κ1) is 17.8. The standard InChI is InChI=1S/C20H25N3O4/c1-20(2,3)10-17(24)23-8-4-5-14(11-23)19-22-21-18(27-19)13-6-7-15-16(9-13)26-12-25-15/h6-7,9,14H,4-5,8,10-12H2,1-3H3. The highest BCUT2D eigenvalue weighted by molar-refractivity contribution is 5.77. The molecule has 7 heteroatoms. The summed E-state index contributed by atoms with van der Waals surface area (Å²) in [6, 6.07) is 5.57. The number of hydrogen-bond acceptors (Lipinski definition) is 6. The number of amides is 1. The zero-order chi connectivity index (χ0) is 19.0. The van der Waals surface area contributed by atoms with E-state index in [4.69, 9.17) is 13.9 Å². The zero-order valence-electron chi connectivity index (χ0n) is 16.0. The first-order chi connectivity index (χ1) is 12.9. The molecule has 0 N–H and O–H groups in total. The highest BCUT2D eigenvalue weighted by Gasteiger charge is 2.30. The van der Waals surface area contributed by atoms with Crippen LogP contribution in [-0.4, -0.2) is 40.9 Å². The number of hydrogen-bond donors (Lipinski definition) is 0. The minimum absolute atomic E-state index is 0.0129. The lowest BCUT2D eigenvalue weighted by Crippen LogP contribution is -2.40. The molecule has 1 aromatic carbocycles. The summed E-state index contributed by atoms with van der Waals surface area (Å²) >= 11 is 0. The first-order valence-electron chi connectivity index (χ1n) is 9.40. The Labute approximate surface area is 158 Å². The Kier molecular flexibility index (Phi) is 4.53. The largest absolute Gasteiger partial charge is 0.454 e. The first-order valence-corrected chi connectivity index (χ1v) is 9.40. The Morgan fingerprint density at radius 3 is 2.85 bits per heavy atom. The molecule has 1 amide bonds. The van der Waals surface area contributed by atoms with Crippen molar-refractivity contribution in [3.05, 3.63) is 24.1 Å². The fourth-order valence-electron chi connectivity index (χ4n) is 3.52. The van der Waals surface area contributed by atoms with Gasteiger partial charge in [0.05, 0.1) is 5.92 Å². The molecule has 2 aliphatic heterocycles. The molecule has 27 heavy (non-hydrogen) atoms. The molecule has 1 unspecified atom stereocenters. The molecule has 0 bridgehead atoms. The van der Waals surface area contributed by atoms with Crippen LogP contribution in [0.3, 0.4) is 0 Å². The summed E-state index contributed by atoms with van der Waals surface area (Å²) < 4.78 is 16.7. The Balaban J connectivity index is 1.47. The Morgan fingerprint density at radius 1 is 1.22 bits per heavy atom. The molecular formula is C20H25N3O4. The predicted molar refractivity (Wildman–Crippen MR) is 98.5 cm³/mol. The third kappa shape index (κ3) is 3.91. The van der Waals surface area contributed by atoms with Crippen molar-refractivity contribution in [3.8, 4) is 23.0 Å². The zero-order valence-corrected chi connectivity index (χ0v) is 16.0. The van der Waals surface area contributed by atoms with Crippen LogP contribution in [0.5, 0.6) is 11.5 Å². The van der Waals surface area contributed by atoms with Crippen molar-refractivity contribution in [2.75, 3.05) is 19.9 Å². The third-order valence-electron chi connectivity index (χ3n) is 4.87. The number of carbonyl (C=O) groups excluding carboxylic acids is 1. The van der Waals surface area contributed by atoms with Gasteiger partial charge in [-0.3, -0.25) is 4.79 Å². The van der Waals surface area contributed by atoms with Crippen molar-refractivity contribution in [2.45, 2.75) is 46.0 Å². The van der Waals surface area contributed by atoms with E-state index in [1.54, 1.807) is 0 Å². The van der Waals surface area contributed by atoms with Gasteiger partial charge in [0.2, 0.25) is 24.5 Å². The Bertz CT molecular complexity index is 840. The smallest absolute Gasteiger partial charge is 0.247 e. The number of piperidine rings is 1. The SMILES string of the molecule is CC(C)(C)CC(=O)N1CCCC(c2nnc(-c3ccc4c(c3)OCO4)o2)C1. The van der Waals surface area contributed by atoms with Gasteiger partial charge in [-0.15, -0.1) is 10.2 Å². The van der Waals surface area contributed by atoms with E-state index in [2.05, 4.69) is 31.0 Å². The average Bonchev–Trinajstić information content (AvgIpc) is 3.29. The molecule has 144 valence electrons. The third-order valence-corrected chi connectivity index (χ3v) is 4.87. The van der Waals surface area contributed by atoms with Crippen LogP contribution in [0.15, 0.2) is 22.6 Å². The minimum Gasteiger partial charge on any atom is -0.454 e. The average molecular weight is 371 g/mol. The van der Waals surface area contributed by atoms with Gasteiger partial charge in [0.1, 0.15) is 0 Å². The van der Waals surface area contributed by atoms with E-state index in [0.29, 0.717) is 30.5 Å². The van der Waals surface area contributed by atoms with Crippen LogP contribution in [0.4, 0.5) is 0 Å². The number of aromatic nitrogens is 2. The molecule has 0 radical (unpaired) electrons. The van der Waals surface area contributed by atoms with Crippen LogP contribution in [0.2, 0.25) is 0 Å². The van der Waals surface area contributed by atoms with E-state index in [9.17, 15) is 4.79 Å². The summed E-state index contributed by atoms with van der Waals surface area (Å²) in [5, 5.41) is 8.45. The van der Waals surface area contributed by atoms with Gasteiger partial charge in [-0.05, 0) is 36.5 Å². The Hall–Kier alpha value is -2.57. The van der Waals surface area contributed by atoms with E-state index in [0.717, 1.165) is 30.7 Å². The van der Waals surface area contributed by atoms with Crippen molar-refractivity contribution in [3.63, 3.8) is 0 Å². The second-order valence-electron chi connectivity index (χ2n) is 8.43. The maximum absolute atomic E-state index is 12.6. The molecule has 7 nitrogen and oxygen atoms in total. The van der Waals surface area contributed by atoms with Gasteiger partial charge >= 0.3 is 0 Å². The van der Waals surface area contributed by atoms with Gasteiger partial charge in [0, 0.05) is 25.1 Å². The fourth-order valence-corrected chi connectivity index (χ4v) is 3.52. The van der Waals surface area contributed by atoms with Gasteiger partial charge < -0.3 is 18.8 Å². The van der Waals surface area contributed by atoms with Gasteiger partial charge in [0.15, 0.2) is 11.5 Å². The second kappa shape index (κ2) is 6.87. The van der Waals surface area contributed by atoms with Crippen LogP contribution in [0.25, 0.3) is 11.5 Å². The van der Waals surface area contributed by atoms with E-state index in [-0.39, 0.29) is 24.0 Å². The van der Waals surface area contributed by atoms with Gasteiger partial charge in [-0.25, -0.2) is 0 Å². The summed E-state index contributed by atoms with van der Waals surface area (Å²) in [5.74, 6) is 2.74. The number of ether oxygens (including phenoxy) is 2. The summed E-state index contributed by atoms with van der Waals surface area (Å²) in [7, 11) is 0. The van der Waals surface area contributed by atoms with Crippen LogP contribution < -0.4 is 9.47 Å². The number of rotatable bonds is 3. The summed E-state index contributed by atoms with van der Waals surface area (Å²) in [5.41, 5.74) is 0.788. The van der Waals surface area contributed by atoms with Crippen LogP contribution in [0.1, 0.15) is 51.8 Å². The molecule has 2 aliphatic rings. The molecule has 1 fully saturated rings. The van der Waals surface area contributed by atoms with Gasteiger partial charge in [-0.2, -0.15) is 0 Å². The molecule has 4 rings (SSSR count). The topological polar surface area (TPSA) is 77.7 Å². The highest BCUT2D eigenvalue weighted by Crippen LogP contribution is 2.36. The maximum Gasteiger partial charge on any atom is 0.247 e. The summed E-state index contributed by atoms with van der Waals surface area (Å²) in [4.78, 5) is 14.5. The lowest BCUT2D eigenvalue weighted by Gasteiger charge is -2.33. The number of nitrogens with zero attached hydrogens (tertiary/aromatic N) is 3. The number of fused-ring (bicyclic) bond motifs is 1. The predicted octanol–water partition coefficient (Wildman–Crippen LogP) is 3.61. The minimum atomic E-state index is -0.0129. The lowest BCUT2D eigenvalue weighted by molar-refractivity contribution is -0.134. The monoisotopic (exact) mass is 371 g/mol. The van der Waals surface area contributed by atoms with E-state index in [1.165, 1.54) is 0 Å². The van der Waals surface area contributed by atoms with Crippen LogP contribution in [-0.2, 0) is 4.79 Å².